The predicted octanol–water partition coefficient (Wildman–Crippen LogP) is 2.52. The zero-order valence-corrected chi connectivity index (χ0v) is 13.8. The second-order valence-electron chi connectivity index (χ2n) is 6.60. The van der Waals surface area contributed by atoms with Crippen LogP contribution in [0, 0.1) is 0 Å². The fraction of sp³-hybridized carbons (Fsp3) is 0.529. The summed E-state index contributed by atoms with van der Waals surface area (Å²) in [5, 5.41) is 13.5. The lowest BCUT2D eigenvalue weighted by Crippen LogP contribution is -2.37. The SMILES string of the molecule is CC(C)c1ccc([C@H](CC(=O)[O-])NC(=O)OC(C)(C)C)cc1. The molecule has 0 radical (unpaired) electrons. The van der Waals surface area contributed by atoms with Gasteiger partial charge in [0.2, 0.25) is 0 Å². The third kappa shape index (κ3) is 6.16. The topological polar surface area (TPSA) is 78.5 Å². The maximum absolute atomic E-state index is 11.9. The van der Waals surface area contributed by atoms with Gasteiger partial charge in [-0.15, -0.1) is 0 Å². The molecule has 0 saturated heterocycles. The number of amides is 1. The third-order valence-electron chi connectivity index (χ3n) is 3.07. The molecule has 0 aromatic heterocycles. The van der Waals surface area contributed by atoms with Crippen molar-refractivity contribution in [3.8, 4) is 0 Å². The molecule has 1 aromatic carbocycles. The number of carbonyl (C=O) groups is 2. The van der Waals surface area contributed by atoms with Crippen molar-refractivity contribution in [2.24, 2.45) is 0 Å². The van der Waals surface area contributed by atoms with E-state index in [0.29, 0.717) is 11.5 Å². The Bertz CT molecular complexity index is 514. The highest BCUT2D eigenvalue weighted by Gasteiger charge is 2.20. The van der Waals surface area contributed by atoms with E-state index in [4.69, 9.17) is 4.74 Å². The number of carboxylic acid groups (broad SMARTS) is 1. The van der Waals surface area contributed by atoms with Crippen LogP contribution in [-0.2, 0) is 9.53 Å². The van der Waals surface area contributed by atoms with Crippen LogP contribution in [0.2, 0.25) is 0 Å². The van der Waals surface area contributed by atoms with Crippen molar-refractivity contribution in [2.45, 2.75) is 58.6 Å². The highest BCUT2D eigenvalue weighted by atomic mass is 16.6. The zero-order valence-electron chi connectivity index (χ0n) is 13.8. The van der Waals surface area contributed by atoms with E-state index in [9.17, 15) is 14.7 Å². The van der Waals surface area contributed by atoms with Gasteiger partial charge >= 0.3 is 6.09 Å². The molecule has 1 aromatic rings. The van der Waals surface area contributed by atoms with Gasteiger partial charge in [-0.1, -0.05) is 38.1 Å². The molecule has 0 unspecified atom stereocenters. The van der Waals surface area contributed by atoms with Gasteiger partial charge in [-0.2, -0.15) is 0 Å². The highest BCUT2D eigenvalue weighted by Crippen LogP contribution is 2.21. The Morgan fingerprint density at radius 2 is 1.64 bits per heavy atom. The Kier molecular flexibility index (Phi) is 5.97. The molecule has 0 heterocycles. The van der Waals surface area contributed by atoms with Crippen molar-refractivity contribution in [2.75, 3.05) is 0 Å². The fourth-order valence-corrected chi connectivity index (χ4v) is 1.98. The Labute approximate surface area is 131 Å². The van der Waals surface area contributed by atoms with Gasteiger partial charge in [0.15, 0.2) is 0 Å². The van der Waals surface area contributed by atoms with Crippen LogP contribution in [0.25, 0.3) is 0 Å². The summed E-state index contributed by atoms with van der Waals surface area (Å²) in [6, 6.07) is 6.82. The number of benzene rings is 1. The van der Waals surface area contributed by atoms with Gasteiger partial charge in [0.1, 0.15) is 5.60 Å². The molecule has 0 aliphatic carbocycles. The van der Waals surface area contributed by atoms with Crippen molar-refractivity contribution in [3.05, 3.63) is 35.4 Å². The molecule has 5 nitrogen and oxygen atoms in total. The molecule has 1 N–H and O–H groups in total. The largest absolute Gasteiger partial charge is 0.550 e. The lowest BCUT2D eigenvalue weighted by molar-refractivity contribution is -0.306. The molecule has 0 spiro atoms. The number of alkyl carbamates (subject to hydrolysis) is 1. The standard InChI is InChI=1S/C17H25NO4/c1-11(2)12-6-8-13(9-7-12)14(10-15(19)20)18-16(21)22-17(3,4)5/h6-9,11,14H,10H2,1-5H3,(H,18,21)(H,19,20)/p-1/t14-/m0/s1. The Hall–Kier alpha value is -2.04. The number of hydrogen-bond acceptors (Lipinski definition) is 4. The van der Waals surface area contributed by atoms with Gasteiger partial charge in [0, 0.05) is 12.4 Å². The number of hydrogen-bond donors (Lipinski definition) is 1. The average Bonchev–Trinajstić information content (AvgIpc) is 2.35. The summed E-state index contributed by atoms with van der Waals surface area (Å²) < 4.78 is 5.17. The van der Waals surface area contributed by atoms with Crippen molar-refractivity contribution in [1.29, 1.82) is 0 Å². The number of carboxylic acids is 1. The summed E-state index contributed by atoms with van der Waals surface area (Å²) in [5.41, 5.74) is 1.21. The Balaban J connectivity index is 2.88. The van der Waals surface area contributed by atoms with E-state index in [0.717, 1.165) is 5.56 Å². The summed E-state index contributed by atoms with van der Waals surface area (Å²) in [7, 11) is 0. The molecule has 5 heteroatoms. The van der Waals surface area contributed by atoms with Crippen molar-refractivity contribution >= 4 is 12.1 Å². The maximum Gasteiger partial charge on any atom is 0.408 e. The van der Waals surface area contributed by atoms with Crippen LogP contribution in [0.3, 0.4) is 0 Å². The minimum Gasteiger partial charge on any atom is -0.550 e. The minimum atomic E-state index is -1.23. The molecule has 0 aliphatic heterocycles. The van der Waals surface area contributed by atoms with Gasteiger partial charge in [-0.25, -0.2) is 4.79 Å². The van der Waals surface area contributed by atoms with Crippen LogP contribution < -0.4 is 10.4 Å². The second-order valence-corrected chi connectivity index (χ2v) is 6.60. The monoisotopic (exact) mass is 306 g/mol. The lowest BCUT2D eigenvalue weighted by Gasteiger charge is -2.24. The highest BCUT2D eigenvalue weighted by molar-refractivity contribution is 5.71. The first-order valence-electron chi connectivity index (χ1n) is 7.37. The van der Waals surface area contributed by atoms with E-state index < -0.39 is 23.7 Å². The molecule has 1 atom stereocenters. The lowest BCUT2D eigenvalue weighted by atomic mass is 9.98. The molecule has 0 saturated carbocycles. The number of rotatable bonds is 5. The smallest absolute Gasteiger partial charge is 0.408 e. The van der Waals surface area contributed by atoms with Crippen molar-refractivity contribution in [3.63, 3.8) is 0 Å². The summed E-state index contributed by atoms with van der Waals surface area (Å²) in [6.45, 7) is 9.40. The number of aliphatic carboxylic acids is 1. The molecule has 0 bridgehead atoms. The van der Waals surface area contributed by atoms with E-state index in [1.54, 1.807) is 20.8 Å². The van der Waals surface area contributed by atoms with E-state index in [1.807, 2.05) is 24.3 Å². The van der Waals surface area contributed by atoms with Gasteiger partial charge in [0.05, 0.1) is 6.04 Å². The van der Waals surface area contributed by atoms with Crippen LogP contribution in [0.4, 0.5) is 4.79 Å². The third-order valence-corrected chi connectivity index (χ3v) is 3.07. The molecule has 0 aliphatic rings. The molecule has 1 amide bonds. The van der Waals surface area contributed by atoms with Gasteiger partial charge in [0.25, 0.3) is 0 Å². The van der Waals surface area contributed by atoms with Crippen LogP contribution in [-0.4, -0.2) is 17.7 Å². The summed E-state index contributed by atoms with van der Waals surface area (Å²) in [4.78, 5) is 22.8. The first kappa shape index (κ1) is 18.0. The van der Waals surface area contributed by atoms with E-state index in [-0.39, 0.29) is 6.42 Å². The van der Waals surface area contributed by atoms with Crippen LogP contribution in [0.5, 0.6) is 0 Å². The fourth-order valence-electron chi connectivity index (χ4n) is 1.98. The van der Waals surface area contributed by atoms with E-state index >= 15 is 0 Å². The molecule has 0 fully saturated rings. The Morgan fingerprint density at radius 1 is 1.14 bits per heavy atom. The number of ether oxygens (including phenoxy) is 1. The quantitative estimate of drug-likeness (QED) is 0.906. The van der Waals surface area contributed by atoms with Gasteiger partial charge in [-0.3, -0.25) is 0 Å². The zero-order chi connectivity index (χ0) is 16.9. The summed E-state index contributed by atoms with van der Waals surface area (Å²) in [6.07, 6.45) is -0.952. The van der Waals surface area contributed by atoms with Crippen LogP contribution in [0.15, 0.2) is 24.3 Å². The van der Waals surface area contributed by atoms with E-state index in [2.05, 4.69) is 19.2 Å². The van der Waals surface area contributed by atoms with Crippen molar-refractivity contribution < 1.29 is 19.4 Å². The minimum absolute atomic E-state index is 0.305. The molecule has 1 rings (SSSR count). The number of carbonyl (C=O) groups excluding carboxylic acids is 2. The van der Waals surface area contributed by atoms with Gasteiger partial charge < -0.3 is 20.0 Å². The van der Waals surface area contributed by atoms with Crippen LogP contribution >= 0.6 is 0 Å². The van der Waals surface area contributed by atoms with Crippen LogP contribution in [0.1, 0.15) is 64.1 Å². The van der Waals surface area contributed by atoms with Crippen molar-refractivity contribution in [1.82, 2.24) is 5.32 Å². The molecule has 22 heavy (non-hydrogen) atoms. The molecular formula is C17H24NO4-. The first-order valence-corrected chi connectivity index (χ1v) is 7.37. The predicted molar refractivity (Wildman–Crippen MR) is 82.3 cm³/mol. The Morgan fingerprint density at radius 3 is 2.05 bits per heavy atom. The number of nitrogens with one attached hydrogen (secondary N) is 1. The first-order chi connectivity index (χ1) is 10.1. The molecular weight excluding hydrogens is 282 g/mol. The molecule has 122 valence electrons. The van der Waals surface area contributed by atoms with E-state index in [1.165, 1.54) is 0 Å². The average molecular weight is 306 g/mol. The normalized spacial score (nSPS) is 12.8. The maximum atomic E-state index is 11.9. The van der Waals surface area contributed by atoms with Gasteiger partial charge in [-0.05, 0) is 37.8 Å². The summed E-state index contributed by atoms with van der Waals surface area (Å²) >= 11 is 0. The second kappa shape index (κ2) is 7.29. The summed E-state index contributed by atoms with van der Waals surface area (Å²) in [5.74, 6) is -0.846.